The number of aryl methyl sites for hydroxylation is 3. The van der Waals surface area contributed by atoms with Gasteiger partial charge in [-0.25, -0.2) is 0 Å². The SMILES string of the molecule is COC(=O)c1ccccc1[CH]=[Ru]([Cl])[Cl].Cc1cc(C)c(N2[CH-]N(C)CC2)c(C)c1. The zero-order valence-electron chi connectivity index (χ0n) is 17.4. The molecule has 0 N–H and O–H groups in total. The summed E-state index contributed by atoms with van der Waals surface area (Å²) in [5.74, 6) is -0.374. The summed E-state index contributed by atoms with van der Waals surface area (Å²) < 4.78 is 6.35. The van der Waals surface area contributed by atoms with Gasteiger partial charge in [0.2, 0.25) is 0 Å². The Morgan fingerprint density at radius 3 is 2.28 bits per heavy atom. The van der Waals surface area contributed by atoms with Crippen LogP contribution in [0.3, 0.4) is 0 Å². The van der Waals surface area contributed by atoms with Crippen LogP contribution in [0.1, 0.15) is 32.6 Å². The standard InChI is InChI=1S/C13H19N2.C9H8O2.2ClH.Ru/c1-10-7-11(2)13(12(3)8-10)15-6-5-14(4)9-15;1-7-5-3-4-6-8(7)9(10)11-2;;;/h7-9H,5-6H2,1-4H3;1,3-6H,2H3;2*1H;/q-1;;;;+2/p-2. The van der Waals surface area contributed by atoms with Crippen molar-refractivity contribution in [3.8, 4) is 0 Å². The fourth-order valence-corrected chi connectivity index (χ4v) is 5.21. The Hall–Kier alpha value is -1.26. The molecule has 0 atom stereocenters. The minimum absolute atomic E-state index is 0.374. The van der Waals surface area contributed by atoms with Crippen molar-refractivity contribution in [1.82, 2.24) is 4.90 Å². The minimum Gasteiger partial charge on any atom is -0.507 e. The molecule has 1 aliphatic rings. The van der Waals surface area contributed by atoms with E-state index in [0.29, 0.717) is 5.56 Å². The van der Waals surface area contributed by atoms with E-state index in [2.05, 4.69) is 61.2 Å². The maximum Gasteiger partial charge on any atom is 0.0141 e. The minimum atomic E-state index is -1.91. The van der Waals surface area contributed by atoms with Crippen molar-refractivity contribution in [3.05, 3.63) is 70.9 Å². The molecular formula is C22H27Cl2N2O2Ru-. The van der Waals surface area contributed by atoms with Crippen LogP contribution in [-0.2, 0) is 18.3 Å². The number of hydrogen-bond donors (Lipinski definition) is 0. The van der Waals surface area contributed by atoms with Crippen molar-refractivity contribution in [3.63, 3.8) is 0 Å². The van der Waals surface area contributed by atoms with Gasteiger partial charge in [0.15, 0.2) is 0 Å². The van der Waals surface area contributed by atoms with E-state index in [9.17, 15) is 4.79 Å². The van der Waals surface area contributed by atoms with Crippen molar-refractivity contribution in [1.29, 1.82) is 0 Å². The van der Waals surface area contributed by atoms with Crippen LogP contribution in [0.15, 0.2) is 36.4 Å². The fraction of sp³-hybridized carbons (Fsp3) is 0.318. The Kier molecular flexibility index (Phi) is 9.29. The Morgan fingerprint density at radius 2 is 1.76 bits per heavy atom. The molecule has 1 heterocycles. The van der Waals surface area contributed by atoms with Crippen LogP contribution in [0.5, 0.6) is 0 Å². The summed E-state index contributed by atoms with van der Waals surface area (Å²) in [5, 5.41) is 0. The van der Waals surface area contributed by atoms with Gasteiger partial charge in [0, 0.05) is 12.2 Å². The number of carbonyl (C=O) groups is 1. The van der Waals surface area contributed by atoms with Crippen molar-refractivity contribution < 1.29 is 23.0 Å². The van der Waals surface area contributed by atoms with Crippen molar-refractivity contribution in [2.45, 2.75) is 20.8 Å². The van der Waals surface area contributed by atoms with Crippen LogP contribution in [-0.4, -0.2) is 42.7 Å². The zero-order valence-corrected chi connectivity index (χ0v) is 20.6. The predicted molar refractivity (Wildman–Crippen MR) is 120 cm³/mol. The molecule has 0 aromatic heterocycles. The van der Waals surface area contributed by atoms with E-state index in [1.54, 1.807) is 22.8 Å². The average Bonchev–Trinajstić information content (AvgIpc) is 3.06. The van der Waals surface area contributed by atoms with Crippen LogP contribution >= 0.6 is 19.4 Å². The Morgan fingerprint density at radius 1 is 1.14 bits per heavy atom. The van der Waals surface area contributed by atoms with Gasteiger partial charge in [-0.05, 0) is 45.5 Å². The van der Waals surface area contributed by atoms with E-state index in [-0.39, 0.29) is 5.97 Å². The molecule has 0 spiro atoms. The maximum absolute atomic E-state index is 11.3. The van der Waals surface area contributed by atoms with Gasteiger partial charge in [-0.15, -0.1) is 0 Å². The van der Waals surface area contributed by atoms with E-state index in [1.165, 1.54) is 29.5 Å². The molecule has 1 saturated heterocycles. The van der Waals surface area contributed by atoms with Gasteiger partial charge in [0.25, 0.3) is 0 Å². The largest absolute Gasteiger partial charge is 0.507 e. The predicted octanol–water partition coefficient (Wildman–Crippen LogP) is 5.03. The van der Waals surface area contributed by atoms with E-state index < -0.39 is 13.5 Å². The number of methoxy groups -OCH3 is 1. The Bertz CT molecular complexity index is 875. The molecule has 29 heavy (non-hydrogen) atoms. The number of esters is 1. The second-order valence-electron chi connectivity index (χ2n) is 6.92. The van der Waals surface area contributed by atoms with E-state index in [0.717, 1.165) is 18.7 Å². The number of benzene rings is 2. The molecule has 1 aliphatic heterocycles. The molecule has 7 heteroatoms. The van der Waals surface area contributed by atoms with Crippen molar-refractivity contribution in [2.24, 2.45) is 0 Å². The topological polar surface area (TPSA) is 32.8 Å². The molecule has 0 amide bonds. The number of halogens is 2. The molecule has 0 saturated carbocycles. The smallest absolute Gasteiger partial charge is 0.0141 e. The molecule has 2 aromatic rings. The third kappa shape index (κ3) is 6.89. The molecule has 1 fully saturated rings. The first-order chi connectivity index (χ1) is 13.7. The summed E-state index contributed by atoms with van der Waals surface area (Å²) in [6.45, 7) is 11.0. The van der Waals surface area contributed by atoms with Crippen molar-refractivity contribution in [2.75, 3.05) is 32.1 Å². The summed E-state index contributed by atoms with van der Waals surface area (Å²) in [4.78, 5) is 15.9. The van der Waals surface area contributed by atoms with Crippen LogP contribution in [0, 0.1) is 27.4 Å². The molecule has 4 nitrogen and oxygen atoms in total. The van der Waals surface area contributed by atoms with Gasteiger partial charge < -0.3 is 9.80 Å². The van der Waals surface area contributed by atoms with Gasteiger partial charge in [-0.2, -0.15) is 6.67 Å². The van der Waals surface area contributed by atoms with E-state index >= 15 is 0 Å². The van der Waals surface area contributed by atoms with Crippen LogP contribution < -0.4 is 4.90 Å². The van der Waals surface area contributed by atoms with Crippen molar-refractivity contribution >= 4 is 35.6 Å². The van der Waals surface area contributed by atoms with Gasteiger partial charge in [-0.1, -0.05) is 17.7 Å². The molecule has 2 aromatic carbocycles. The Balaban J connectivity index is 0.000000208. The summed E-state index contributed by atoms with van der Waals surface area (Å²) in [7, 11) is 14.9. The maximum atomic E-state index is 11.3. The first-order valence-corrected chi connectivity index (χ1v) is 14.6. The first-order valence-electron chi connectivity index (χ1n) is 9.13. The monoisotopic (exact) mass is 523 g/mol. The van der Waals surface area contributed by atoms with E-state index in [1.807, 2.05) is 6.07 Å². The number of hydrogen-bond acceptors (Lipinski definition) is 4. The summed E-state index contributed by atoms with van der Waals surface area (Å²) in [6, 6.07) is 11.6. The molecular weight excluding hydrogens is 496 g/mol. The molecule has 0 unspecified atom stereocenters. The number of rotatable bonds is 3. The van der Waals surface area contributed by atoms with Crippen LogP contribution in [0.2, 0.25) is 0 Å². The number of nitrogens with zero attached hydrogens (tertiary/aromatic N) is 2. The molecule has 0 bridgehead atoms. The second-order valence-corrected chi connectivity index (χ2v) is 12.6. The summed E-state index contributed by atoms with van der Waals surface area (Å²) in [6.07, 6.45) is 0. The Labute approximate surface area is 186 Å². The number of carbonyl (C=O) groups excluding carboxylic acids is 1. The van der Waals surface area contributed by atoms with E-state index in [4.69, 9.17) is 19.4 Å². The van der Waals surface area contributed by atoms with Crippen LogP contribution in [0.25, 0.3) is 0 Å². The number of anilines is 1. The molecule has 0 aliphatic carbocycles. The number of ether oxygens (including phenoxy) is 1. The normalized spacial score (nSPS) is 14.2. The fourth-order valence-electron chi connectivity index (χ4n) is 3.38. The van der Waals surface area contributed by atoms with Crippen LogP contribution in [0.4, 0.5) is 5.69 Å². The van der Waals surface area contributed by atoms with Gasteiger partial charge in [0.1, 0.15) is 0 Å². The summed E-state index contributed by atoms with van der Waals surface area (Å²) >= 11 is -1.91. The number of likely N-dealkylation sites (N-methyl/N-ethyl adjacent to an activating group) is 1. The van der Waals surface area contributed by atoms with Gasteiger partial charge in [0.05, 0.1) is 0 Å². The third-order valence-corrected chi connectivity index (χ3v) is 6.34. The summed E-state index contributed by atoms with van der Waals surface area (Å²) in [5.41, 5.74) is 6.71. The molecule has 0 radical (unpaired) electrons. The zero-order chi connectivity index (χ0) is 21.6. The average molecular weight is 523 g/mol. The third-order valence-electron chi connectivity index (χ3n) is 4.51. The first kappa shape index (κ1) is 24.0. The van der Waals surface area contributed by atoms with Gasteiger partial charge >= 0.3 is 95.5 Å². The molecule has 3 rings (SSSR count). The quantitative estimate of drug-likeness (QED) is 0.321. The van der Waals surface area contributed by atoms with Gasteiger partial charge in [-0.3, -0.25) is 0 Å². The second kappa shape index (κ2) is 11.2. The molecule has 160 valence electrons.